The molecule has 5 atom stereocenters. The molecule has 0 bridgehead atoms. The molecule has 5 unspecified atom stereocenters. The maximum Gasteiger partial charge on any atom is 0.341 e. The van der Waals surface area contributed by atoms with Gasteiger partial charge in [0.15, 0.2) is 18.1 Å². The van der Waals surface area contributed by atoms with Crippen LogP contribution in [0.25, 0.3) is 0 Å². The number of carboxylic acids is 1. The van der Waals surface area contributed by atoms with E-state index < -0.39 is 24.8 Å². The highest BCUT2D eigenvalue weighted by Gasteiger charge is 2.48. The fourth-order valence-corrected chi connectivity index (χ4v) is 4.63. The summed E-state index contributed by atoms with van der Waals surface area (Å²) in [6.07, 6.45) is 7.81. The van der Waals surface area contributed by atoms with E-state index in [1.165, 1.54) is 6.42 Å². The molecule has 3 N–H and O–H groups in total. The Labute approximate surface area is 169 Å². The largest absolute Gasteiger partial charge is 0.482 e. The van der Waals surface area contributed by atoms with E-state index in [2.05, 4.69) is 0 Å². The van der Waals surface area contributed by atoms with E-state index in [0.29, 0.717) is 23.7 Å². The summed E-state index contributed by atoms with van der Waals surface area (Å²) in [7, 11) is 0. The SMILES string of the molecule is O=C(O)COc1cccc2c1OC1CC(O)C(/C=C/C(O)C3CCCCC3)C1O2. The quantitative estimate of drug-likeness (QED) is 0.626. The van der Waals surface area contributed by atoms with E-state index in [4.69, 9.17) is 19.3 Å². The normalized spacial score (nSPS) is 30.1. The van der Waals surface area contributed by atoms with Gasteiger partial charge >= 0.3 is 5.97 Å². The highest BCUT2D eigenvalue weighted by molar-refractivity contribution is 5.68. The van der Waals surface area contributed by atoms with Crippen molar-refractivity contribution in [1.29, 1.82) is 0 Å². The molecule has 0 radical (unpaired) electrons. The molecule has 4 rings (SSSR count). The number of aliphatic hydroxyl groups is 2. The predicted octanol–water partition coefficient (Wildman–Crippen LogP) is 2.54. The Morgan fingerprint density at radius 3 is 2.79 bits per heavy atom. The molecule has 158 valence electrons. The Bertz CT molecular complexity index is 756. The van der Waals surface area contributed by atoms with Gasteiger partial charge in [-0.05, 0) is 30.9 Å². The Morgan fingerprint density at radius 2 is 2.03 bits per heavy atom. The zero-order valence-corrected chi connectivity index (χ0v) is 16.3. The number of aliphatic carboxylic acids is 1. The van der Waals surface area contributed by atoms with Crippen LogP contribution in [0.1, 0.15) is 38.5 Å². The number of carbonyl (C=O) groups is 1. The first-order chi connectivity index (χ1) is 14.0. The highest BCUT2D eigenvalue weighted by Crippen LogP contribution is 2.46. The standard InChI is InChI=1S/C22H28O7/c23-15(13-5-2-1-3-6-13)10-9-14-16(24)11-19-21(14)28-18-8-4-7-17(22(18)29-19)27-12-20(25)26/h4,7-10,13-16,19,21,23-24H,1-3,5-6,11-12H2,(H,25,26)/b10-9+. The summed E-state index contributed by atoms with van der Waals surface area (Å²) < 4.78 is 17.5. The van der Waals surface area contributed by atoms with Crippen LogP contribution in [-0.4, -0.2) is 52.3 Å². The molecule has 1 aromatic carbocycles. The molecule has 1 aromatic rings. The lowest BCUT2D eigenvalue weighted by molar-refractivity contribution is -0.139. The second kappa shape index (κ2) is 8.63. The average Bonchev–Trinajstić information content (AvgIpc) is 3.03. The molecule has 0 aromatic heterocycles. The van der Waals surface area contributed by atoms with Crippen LogP contribution in [0.4, 0.5) is 0 Å². The van der Waals surface area contributed by atoms with Gasteiger partial charge in [0, 0.05) is 12.3 Å². The van der Waals surface area contributed by atoms with Gasteiger partial charge in [-0.1, -0.05) is 37.5 Å². The molecule has 7 nitrogen and oxygen atoms in total. The molecule has 0 amide bonds. The highest BCUT2D eigenvalue weighted by atomic mass is 16.6. The lowest BCUT2D eigenvalue weighted by Gasteiger charge is -2.32. The van der Waals surface area contributed by atoms with Gasteiger partial charge in [-0.15, -0.1) is 0 Å². The lowest BCUT2D eigenvalue weighted by Crippen LogP contribution is -2.39. The maximum atomic E-state index is 10.8. The first kappa shape index (κ1) is 20.0. The van der Waals surface area contributed by atoms with Crippen molar-refractivity contribution >= 4 is 5.97 Å². The van der Waals surface area contributed by atoms with Gasteiger partial charge in [0.25, 0.3) is 0 Å². The van der Waals surface area contributed by atoms with E-state index >= 15 is 0 Å². The molecule has 2 saturated carbocycles. The summed E-state index contributed by atoms with van der Waals surface area (Å²) in [6, 6.07) is 5.08. The van der Waals surface area contributed by atoms with Crippen molar-refractivity contribution in [2.24, 2.45) is 11.8 Å². The summed E-state index contributed by atoms with van der Waals surface area (Å²) in [5.74, 6) is 0.0748. The van der Waals surface area contributed by atoms with Gasteiger partial charge in [-0.3, -0.25) is 0 Å². The Balaban J connectivity index is 1.47. The Hall–Kier alpha value is -2.25. The van der Waals surface area contributed by atoms with Crippen LogP contribution in [0.5, 0.6) is 17.2 Å². The van der Waals surface area contributed by atoms with Crippen molar-refractivity contribution in [3.63, 3.8) is 0 Å². The lowest BCUT2D eigenvalue weighted by atomic mass is 9.84. The number of fused-ring (bicyclic) bond motifs is 2. The fraction of sp³-hybridized carbons (Fsp3) is 0.591. The first-order valence-corrected chi connectivity index (χ1v) is 10.4. The number of ether oxygens (including phenoxy) is 3. The Morgan fingerprint density at radius 1 is 1.24 bits per heavy atom. The number of benzene rings is 1. The molecule has 29 heavy (non-hydrogen) atoms. The molecule has 1 heterocycles. The molecule has 3 aliphatic rings. The number of hydrogen-bond acceptors (Lipinski definition) is 6. The third kappa shape index (κ3) is 4.36. The zero-order chi connectivity index (χ0) is 20.4. The van der Waals surface area contributed by atoms with E-state index in [9.17, 15) is 15.0 Å². The maximum absolute atomic E-state index is 10.8. The molecule has 2 aliphatic carbocycles. The number of hydrogen-bond donors (Lipinski definition) is 3. The molecular formula is C22H28O7. The van der Waals surface area contributed by atoms with E-state index in [1.54, 1.807) is 24.3 Å². The number of rotatable bonds is 6. The van der Waals surface area contributed by atoms with Crippen LogP contribution in [0.2, 0.25) is 0 Å². The van der Waals surface area contributed by atoms with Crippen molar-refractivity contribution in [3.05, 3.63) is 30.4 Å². The summed E-state index contributed by atoms with van der Waals surface area (Å²) in [5.41, 5.74) is 0. The summed E-state index contributed by atoms with van der Waals surface area (Å²) in [6.45, 7) is -0.471. The topological polar surface area (TPSA) is 105 Å². The molecule has 7 heteroatoms. The minimum Gasteiger partial charge on any atom is -0.482 e. The molecule has 0 saturated heterocycles. The van der Waals surface area contributed by atoms with Crippen LogP contribution in [-0.2, 0) is 4.79 Å². The van der Waals surface area contributed by atoms with Crippen LogP contribution >= 0.6 is 0 Å². The van der Waals surface area contributed by atoms with Crippen molar-refractivity contribution in [3.8, 4) is 17.2 Å². The van der Waals surface area contributed by atoms with Crippen molar-refractivity contribution < 1.29 is 34.3 Å². The van der Waals surface area contributed by atoms with Crippen LogP contribution in [0, 0.1) is 11.8 Å². The van der Waals surface area contributed by atoms with Gasteiger partial charge in [-0.2, -0.15) is 0 Å². The number of aliphatic hydroxyl groups excluding tert-OH is 2. The summed E-state index contributed by atoms with van der Waals surface area (Å²) in [5, 5.41) is 29.9. The van der Waals surface area contributed by atoms with Gasteiger partial charge in [-0.25, -0.2) is 4.79 Å². The minimum atomic E-state index is -1.07. The third-order valence-electron chi connectivity index (χ3n) is 6.15. The van der Waals surface area contributed by atoms with Crippen molar-refractivity contribution in [2.75, 3.05) is 6.61 Å². The summed E-state index contributed by atoms with van der Waals surface area (Å²) >= 11 is 0. The van der Waals surface area contributed by atoms with Gasteiger partial charge < -0.3 is 29.5 Å². The van der Waals surface area contributed by atoms with Gasteiger partial charge in [0.05, 0.1) is 12.2 Å². The van der Waals surface area contributed by atoms with Crippen LogP contribution in [0.15, 0.2) is 30.4 Å². The molecule has 0 spiro atoms. The van der Waals surface area contributed by atoms with Crippen molar-refractivity contribution in [2.45, 2.75) is 62.9 Å². The second-order valence-corrected chi connectivity index (χ2v) is 8.16. The molecule has 1 aliphatic heterocycles. The van der Waals surface area contributed by atoms with Crippen molar-refractivity contribution in [1.82, 2.24) is 0 Å². The Kier molecular flexibility index (Phi) is 5.96. The smallest absolute Gasteiger partial charge is 0.341 e. The number of para-hydroxylation sites is 1. The van der Waals surface area contributed by atoms with Crippen LogP contribution < -0.4 is 14.2 Å². The fourth-order valence-electron chi connectivity index (χ4n) is 4.63. The zero-order valence-electron chi connectivity index (χ0n) is 16.3. The van der Waals surface area contributed by atoms with Crippen LogP contribution in [0.3, 0.4) is 0 Å². The van der Waals surface area contributed by atoms with E-state index in [1.807, 2.05) is 6.08 Å². The predicted molar refractivity (Wildman–Crippen MR) is 104 cm³/mol. The third-order valence-corrected chi connectivity index (χ3v) is 6.15. The van der Waals surface area contributed by atoms with E-state index in [0.717, 1.165) is 25.7 Å². The monoisotopic (exact) mass is 404 g/mol. The molecular weight excluding hydrogens is 376 g/mol. The van der Waals surface area contributed by atoms with Gasteiger partial charge in [0.1, 0.15) is 12.2 Å². The minimum absolute atomic E-state index is 0.282. The average molecular weight is 404 g/mol. The number of carboxylic acid groups (broad SMARTS) is 1. The summed E-state index contributed by atoms with van der Waals surface area (Å²) in [4.78, 5) is 10.8. The van der Waals surface area contributed by atoms with Gasteiger partial charge in [0.2, 0.25) is 5.75 Å². The second-order valence-electron chi connectivity index (χ2n) is 8.16. The van der Waals surface area contributed by atoms with E-state index in [-0.39, 0.29) is 24.0 Å². The first-order valence-electron chi connectivity index (χ1n) is 10.4. The molecule has 2 fully saturated rings.